The Kier molecular flexibility index (Phi) is 12.0. The molecule has 0 heterocycles. The van der Waals surface area contributed by atoms with Crippen LogP contribution in [0.4, 0.5) is 30.7 Å². The Morgan fingerprint density at radius 2 is 1.11 bits per heavy atom. The molecule has 0 radical (unpaired) electrons. The SMILES string of the molecule is CO[Si](CC[Si](C)(C)c1ccc([Si](C)(C)CCCOCC(F)(OC(F)(F)F)C(F)(F)F)cc1)(OC)OC. The maximum atomic E-state index is 13.8. The van der Waals surface area contributed by atoms with Crippen LogP contribution < -0.4 is 10.4 Å². The third-order valence-electron chi connectivity index (χ3n) is 6.52. The highest BCUT2D eigenvalue weighted by atomic mass is 28.4. The van der Waals surface area contributed by atoms with Crippen molar-refractivity contribution in [2.45, 2.75) is 69.1 Å². The largest absolute Gasteiger partial charge is 0.525 e. The Morgan fingerprint density at radius 1 is 0.676 bits per heavy atom. The van der Waals surface area contributed by atoms with Gasteiger partial charge in [0.1, 0.15) is 6.61 Å². The molecule has 0 aliphatic carbocycles. The smallest absolute Gasteiger partial charge is 0.377 e. The predicted molar refractivity (Wildman–Crippen MR) is 134 cm³/mol. The Labute approximate surface area is 217 Å². The summed E-state index contributed by atoms with van der Waals surface area (Å²) in [4.78, 5) is 0. The summed E-state index contributed by atoms with van der Waals surface area (Å²) in [5.41, 5.74) is 0. The van der Waals surface area contributed by atoms with Crippen LogP contribution in [0.25, 0.3) is 0 Å². The van der Waals surface area contributed by atoms with Gasteiger partial charge in [-0.15, -0.1) is 13.2 Å². The van der Waals surface area contributed by atoms with Crippen molar-refractivity contribution in [3.8, 4) is 0 Å². The van der Waals surface area contributed by atoms with E-state index in [-0.39, 0.29) is 13.0 Å². The molecule has 0 aliphatic heterocycles. The Balaban J connectivity index is 2.72. The zero-order valence-electron chi connectivity index (χ0n) is 22.2. The van der Waals surface area contributed by atoms with E-state index in [0.29, 0.717) is 12.1 Å². The van der Waals surface area contributed by atoms with Crippen LogP contribution in [0.3, 0.4) is 0 Å². The first kappa shape index (κ1) is 34.2. The highest BCUT2D eigenvalue weighted by molar-refractivity contribution is 6.91. The summed E-state index contributed by atoms with van der Waals surface area (Å²) in [5.74, 6) is -4.96. The molecule has 0 amide bonds. The van der Waals surface area contributed by atoms with Crippen molar-refractivity contribution in [2.75, 3.05) is 34.5 Å². The molecule has 0 saturated heterocycles. The monoisotopic (exact) mass is 598 g/mol. The highest BCUT2D eigenvalue weighted by Crippen LogP contribution is 2.40. The summed E-state index contributed by atoms with van der Waals surface area (Å²) in [6.07, 6.45) is -11.4. The van der Waals surface area contributed by atoms with Gasteiger partial charge in [-0.05, 0) is 12.5 Å². The van der Waals surface area contributed by atoms with E-state index < -0.39 is 50.0 Å². The molecule has 0 fully saturated rings. The minimum absolute atomic E-state index is 0.263. The summed E-state index contributed by atoms with van der Waals surface area (Å²) in [6.45, 7) is 6.41. The molecule has 1 rings (SSSR count). The van der Waals surface area contributed by atoms with Gasteiger partial charge in [0.15, 0.2) is 0 Å². The third-order valence-corrected chi connectivity index (χ3v) is 16.6. The predicted octanol–water partition coefficient (Wildman–Crippen LogP) is 5.57. The standard InChI is InChI=1S/C22H37F7O5Si3/c1-30-37(31-2,32-3)16-15-36(6,7)19-11-9-18(10-12-19)35(4,5)14-8-13-33-17-20(23,21(24,25)26)34-22(27,28)29/h9-12H,8,13-17H2,1-7H3. The van der Waals surface area contributed by atoms with Crippen LogP contribution in [0.2, 0.25) is 44.3 Å². The van der Waals surface area contributed by atoms with E-state index in [4.69, 9.17) is 13.3 Å². The molecule has 5 nitrogen and oxygen atoms in total. The van der Waals surface area contributed by atoms with Crippen molar-refractivity contribution < 1.29 is 53.5 Å². The van der Waals surface area contributed by atoms with E-state index in [2.05, 4.69) is 59.9 Å². The van der Waals surface area contributed by atoms with Crippen LogP contribution in [0.1, 0.15) is 6.42 Å². The van der Waals surface area contributed by atoms with Crippen molar-refractivity contribution >= 4 is 35.3 Å². The van der Waals surface area contributed by atoms with Crippen LogP contribution in [-0.2, 0) is 22.8 Å². The molecule has 15 heteroatoms. The molecule has 1 atom stereocenters. The quantitative estimate of drug-likeness (QED) is 0.150. The van der Waals surface area contributed by atoms with Crippen LogP contribution >= 0.6 is 0 Å². The Morgan fingerprint density at radius 3 is 1.49 bits per heavy atom. The maximum absolute atomic E-state index is 13.8. The lowest BCUT2D eigenvalue weighted by molar-refractivity contribution is -0.453. The second kappa shape index (κ2) is 13.0. The first-order valence-electron chi connectivity index (χ1n) is 11.6. The van der Waals surface area contributed by atoms with Gasteiger partial charge in [0.05, 0.1) is 16.1 Å². The molecule has 0 aliphatic rings. The van der Waals surface area contributed by atoms with Gasteiger partial charge in [-0.25, -0.2) is 4.74 Å². The van der Waals surface area contributed by atoms with Crippen LogP contribution in [0.15, 0.2) is 24.3 Å². The minimum atomic E-state index is -5.89. The molecule has 0 N–H and O–H groups in total. The van der Waals surface area contributed by atoms with Crippen molar-refractivity contribution in [3.05, 3.63) is 24.3 Å². The van der Waals surface area contributed by atoms with Crippen molar-refractivity contribution in [1.29, 1.82) is 0 Å². The minimum Gasteiger partial charge on any atom is -0.377 e. The van der Waals surface area contributed by atoms with Crippen LogP contribution in [-0.4, -0.2) is 77.9 Å². The van der Waals surface area contributed by atoms with Gasteiger partial charge in [0.2, 0.25) is 0 Å². The molecule has 0 spiro atoms. The zero-order chi connectivity index (χ0) is 28.8. The molecule has 216 valence electrons. The lowest BCUT2D eigenvalue weighted by atomic mass is 10.3. The van der Waals surface area contributed by atoms with Crippen LogP contribution in [0.5, 0.6) is 0 Å². The first-order chi connectivity index (χ1) is 16.8. The van der Waals surface area contributed by atoms with E-state index in [1.54, 1.807) is 21.3 Å². The molecule has 37 heavy (non-hydrogen) atoms. The average Bonchev–Trinajstić information content (AvgIpc) is 2.78. The van der Waals surface area contributed by atoms with Crippen molar-refractivity contribution in [1.82, 2.24) is 0 Å². The van der Waals surface area contributed by atoms with Gasteiger partial charge in [-0.1, -0.05) is 66.9 Å². The third kappa shape index (κ3) is 10.0. The molecular weight excluding hydrogens is 561 g/mol. The van der Waals surface area contributed by atoms with Gasteiger partial charge in [-0.2, -0.15) is 17.6 Å². The van der Waals surface area contributed by atoms with Crippen LogP contribution in [0, 0.1) is 0 Å². The van der Waals surface area contributed by atoms with Crippen molar-refractivity contribution in [3.63, 3.8) is 0 Å². The fraction of sp³-hybridized carbons (Fsp3) is 0.727. The van der Waals surface area contributed by atoms with Gasteiger partial charge in [0, 0.05) is 34.0 Å². The number of halogens is 7. The normalized spacial score (nSPS) is 15.6. The topological polar surface area (TPSA) is 46.2 Å². The lowest BCUT2D eigenvalue weighted by Gasteiger charge is -2.30. The molecule has 1 unspecified atom stereocenters. The van der Waals surface area contributed by atoms with E-state index >= 15 is 0 Å². The van der Waals surface area contributed by atoms with E-state index in [0.717, 1.165) is 11.2 Å². The number of hydrogen-bond donors (Lipinski definition) is 0. The fourth-order valence-corrected chi connectivity index (χ4v) is 12.4. The number of benzene rings is 1. The molecular formula is C22H37F7O5Si3. The molecule has 1 aromatic carbocycles. The molecule has 0 aromatic heterocycles. The summed E-state index contributed by atoms with van der Waals surface area (Å²) in [5, 5.41) is 2.36. The highest BCUT2D eigenvalue weighted by Gasteiger charge is 2.63. The summed E-state index contributed by atoms with van der Waals surface area (Å²) in [7, 11) is -1.80. The molecule has 0 saturated carbocycles. The van der Waals surface area contributed by atoms with Gasteiger partial charge >= 0.3 is 27.2 Å². The zero-order valence-corrected chi connectivity index (χ0v) is 25.2. The first-order valence-corrected chi connectivity index (χ1v) is 20.0. The van der Waals surface area contributed by atoms with E-state index in [1.807, 2.05) is 0 Å². The number of ether oxygens (including phenoxy) is 2. The number of hydrogen-bond acceptors (Lipinski definition) is 5. The van der Waals surface area contributed by atoms with Gasteiger partial charge in [-0.3, -0.25) is 0 Å². The summed E-state index contributed by atoms with van der Waals surface area (Å²) in [6, 6.07) is 10.5. The second-order valence-corrected chi connectivity index (χ2v) is 22.9. The molecule has 0 bridgehead atoms. The summed E-state index contributed by atoms with van der Waals surface area (Å²) < 4.78 is 113. The van der Waals surface area contributed by atoms with Gasteiger partial charge in [0.25, 0.3) is 0 Å². The van der Waals surface area contributed by atoms with E-state index in [9.17, 15) is 30.7 Å². The summed E-state index contributed by atoms with van der Waals surface area (Å²) >= 11 is 0. The van der Waals surface area contributed by atoms with Crippen molar-refractivity contribution in [2.24, 2.45) is 0 Å². The Hall–Kier alpha value is -0.819. The Bertz CT molecular complexity index is 823. The second-order valence-electron chi connectivity index (χ2n) is 10.1. The number of alkyl halides is 7. The lowest BCUT2D eigenvalue weighted by Crippen LogP contribution is -2.50. The average molecular weight is 599 g/mol. The van der Waals surface area contributed by atoms with E-state index in [1.165, 1.54) is 5.19 Å². The maximum Gasteiger partial charge on any atom is 0.525 e. The molecule has 1 aromatic rings. The van der Waals surface area contributed by atoms with Gasteiger partial charge < -0.3 is 18.0 Å². The number of rotatable bonds is 15. The fourth-order valence-electron chi connectivity index (χ4n) is 3.86.